The molecule has 0 bridgehead atoms. The Kier molecular flexibility index (Phi) is 4.42. The molecular weight excluding hydrogens is 244 g/mol. The molecule has 0 spiro atoms. The van der Waals surface area contributed by atoms with E-state index in [1.54, 1.807) is 7.11 Å². The van der Waals surface area contributed by atoms with E-state index in [0.717, 1.165) is 35.6 Å². The second-order valence-electron chi connectivity index (χ2n) is 4.82. The maximum atomic E-state index is 5.48. The lowest BCUT2D eigenvalue weighted by Gasteiger charge is -2.33. The van der Waals surface area contributed by atoms with Crippen molar-refractivity contribution in [3.05, 3.63) is 24.3 Å². The fourth-order valence-corrected chi connectivity index (χ4v) is 2.59. The number of hydrogen-bond acceptors (Lipinski definition) is 2. The Morgan fingerprint density at radius 1 is 1.44 bits per heavy atom. The highest BCUT2D eigenvalue weighted by Crippen LogP contribution is 2.24. The third kappa shape index (κ3) is 3.13. The van der Waals surface area contributed by atoms with E-state index in [2.05, 4.69) is 17.1 Å². The molecule has 1 aliphatic rings. The van der Waals surface area contributed by atoms with E-state index < -0.39 is 0 Å². The molecule has 98 valence electrons. The number of likely N-dealkylation sites (tertiary alicyclic amines) is 1. The molecule has 0 aliphatic carbocycles. The summed E-state index contributed by atoms with van der Waals surface area (Å²) in [7, 11) is 1.67. The van der Waals surface area contributed by atoms with E-state index >= 15 is 0 Å². The quantitative estimate of drug-likeness (QED) is 0.830. The zero-order valence-corrected chi connectivity index (χ0v) is 11.8. The second kappa shape index (κ2) is 6.05. The highest BCUT2D eigenvalue weighted by Gasteiger charge is 2.18. The molecule has 1 aromatic rings. The van der Waals surface area contributed by atoms with E-state index in [1.165, 1.54) is 12.8 Å². The molecule has 1 N–H and O–H groups in total. The number of anilines is 1. The lowest BCUT2D eigenvalue weighted by molar-refractivity contribution is 0.276. The van der Waals surface area contributed by atoms with Crippen LogP contribution < -0.4 is 10.1 Å². The maximum Gasteiger partial charge on any atom is 0.173 e. The van der Waals surface area contributed by atoms with Gasteiger partial charge in [0.25, 0.3) is 0 Å². The minimum Gasteiger partial charge on any atom is -0.495 e. The smallest absolute Gasteiger partial charge is 0.173 e. The first-order valence-electron chi connectivity index (χ1n) is 6.39. The standard InChI is InChI=1S/C14H20N2OS/c1-11-6-5-9-16(10-11)14(18)15-12-7-3-4-8-13(12)17-2/h3-4,7-8,11H,5-6,9-10H2,1-2H3,(H,15,18). The van der Waals surface area contributed by atoms with Gasteiger partial charge in [-0.2, -0.15) is 0 Å². The lowest BCUT2D eigenvalue weighted by Crippen LogP contribution is -2.41. The normalized spacial score (nSPS) is 19.4. The summed E-state index contributed by atoms with van der Waals surface area (Å²) in [6, 6.07) is 7.85. The number of methoxy groups -OCH3 is 1. The van der Waals surface area contributed by atoms with Crippen LogP contribution >= 0.6 is 12.2 Å². The van der Waals surface area contributed by atoms with Gasteiger partial charge in [-0.1, -0.05) is 19.1 Å². The molecule has 1 fully saturated rings. The van der Waals surface area contributed by atoms with Crippen molar-refractivity contribution in [2.75, 3.05) is 25.5 Å². The van der Waals surface area contributed by atoms with Crippen LogP contribution in [0.25, 0.3) is 0 Å². The Balaban J connectivity index is 2.02. The molecule has 0 amide bonds. The van der Waals surface area contributed by atoms with Crippen LogP contribution in [0.15, 0.2) is 24.3 Å². The van der Waals surface area contributed by atoms with Gasteiger partial charge >= 0.3 is 0 Å². The van der Waals surface area contributed by atoms with Crippen LogP contribution in [0.4, 0.5) is 5.69 Å². The molecule has 3 nitrogen and oxygen atoms in total. The third-order valence-corrected chi connectivity index (χ3v) is 3.65. The first-order valence-corrected chi connectivity index (χ1v) is 6.80. The molecule has 1 aliphatic heterocycles. The lowest BCUT2D eigenvalue weighted by atomic mass is 10.0. The van der Waals surface area contributed by atoms with Crippen LogP contribution in [0.1, 0.15) is 19.8 Å². The van der Waals surface area contributed by atoms with E-state index in [1.807, 2.05) is 24.3 Å². The van der Waals surface area contributed by atoms with Crippen molar-refractivity contribution in [2.24, 2.45) is 5.92 Å². The topological polar surface area (TPSA) is 24.5 Å². The van der Waals surface area contributed by atoms with Gasteiger partial charge in [0.1, 0.15) is 5.75 Å². The minimum atomic E-state index is 0.719. The van der Waals surface area contributed by atoms with Crippen LogP contribution in [0.3, 0.4) is 0 Å². The summed E-state index contributed by atoms with van der Waals surface area (Å²) < 4.78 is 5.31. The van der Waals surface area contributed by atoms with Crippen LogP contribution in [0.2, 0.25) is 0 Å². The predicted molar refractivity (Wildman–Crippen MR) is 79.2 cm³/mol. The van der Waals surface area contributed by atoms with Gasteiger partial charge in [-0.15, -0.1) is 0 Å². The van der Waals surface area contributed by atoms with Gasteiger partial charge < -0.3 is 15.0 Å². The van der Waals surface area contributed by atoms with Gasteiger partial charge in [0.15, 0.2) is 5.11 Å². The van der Waals surface area contributed by atoms with Crippen molar-refractivity contribution in [1.82, 2.24) is 4.90 Å². The van der Waals surface area contributed by atoms with Crippen molar-refractivity contribution < 1.29 is 4.74 Å². The Hall–Kier alpha value is -1.29. The number of para-hydroxylation sites is 2. The number of benzene rings is 1. The number of rotatable bonds is 2. The summed E-state index contributed by atoms with van der Waals surface area (Å²) in [5.74, 6) is 1.54. The van der Waals surface area contributed by atoms with E-state index in [9.17, 15) is 0 Å². The molecule has 0 radical (unpaired) electrons. The Bertz CT molecular complexity index is 422. The third-order valence-electron chi connectivity index (χ3n) is 3.29. The fourth-order valence-electron chi connectivity index (χ4n) is 2.32. The molecule has 1 saturated heterocycles. The van der Waals surface area contributed by atoms with Crippen LogP contribution in [0.5, 0.6) is 5.75 Å². The number of ether oxygens (including phenoxy) is 1. The van der Waals surface area contributed by atoms with E-state index in [4.69, 9.17) is 17.0 Å². The fraction of sp³-hybridized carbons (Fsp3) is 0.500. The SMILES string of the molecule is COc1ccccc1NC(=S)N1CCCC(C)C1. The number of nitrogens with zero attached hydrogens (tertiary/aromatic N) is 1. The average Bonchev–Trinajstić information content (AvgIpc) is 2.39. The number of piperidine rings is 1. The summed E-state index contributed by atoms with van der Waals surface area (Å²) in [5, 5.41) is 4.08. The molecule has 1 atom stereocenters. The zero-order valence-electron chi connectivity index (χ0n) is 11.0. The van der Waals surface area contributed by atoms with Crippen molar-refractivity contribution in [3.63, 3.8) is 0 Å². The minimum absolute atomic E-state index is 0.719. The number of hydrogen-bond donors (Lipinski definition) is 1. The van der Waals surface area contributed by atoms with Gasteiger partial charge in [0.05, 0.1) is 12.8 Å². The van der Waals surface area contributed by atoms with Gasteiger partial charge in [-0.3, -0.25) is 0 Å². The van der Waals surface area contributed by atoms with Gasteiger partial charge in [0.2, 0.25) is 0 Å². The Labute approximate surface area is 114 Å². The predicted octanol–water partition coefficient (Wildman–Crippen LogP) is 3.12. The Morgan fingerprint density at radius 2 is 2.22 bits per heavy atom. The van der Waals surface area contributed by atoms with Crippen LogP contribution in [-0.2, 0) is 0 Å². The molecular formula is C14H20N2OS. The summed E-state index contributed by atoms with van der Waals surface area (Å²) in [5.41, 5.74) is 0.934. The van der Waals surface area contributed by atoms with Crippen molar-refractivity contribution >= 4 is 23.0 Å². The summed E-state index contributed by atoms with van der Waals surface area (Å²) in [6.45, 7) is 4.37. The van der Waals surface area contributed by atoms with E-state index in [-0.39, 0.29) is 0 Å². The monoisotopic (exact) mass is 264 g/mol. The molecule has 1 unspecified atom stereocenters. The molecule has 1 aromatic carbocycles. The molecule has 18 heavy (non-hydrogen) atoms. The molecule has 2 rings (SSSR count). The molecule has 4 heteroatoms. The summed E-state index contributed by atoms with van der Waals surface area (Å²) in [6.07, 6.45) is 2.52. The summed E-state index contributed by atoms with van der Waals surface area (Å²) in [4.78, 5) is 2.25. The highest BCUT2D eigenvalue weighted by atomic mass is 32.1. The van der Waals surface area contributed by atoms with E-state index in [0.29, 0.717) is 0 Å². The first kappa shape index (κ1) is 13.1. The Morgan fingerprint density at radius 3 is 2.94 bits per heavy atom. The molecule has 0 saturated carbocycles. The first-order chi connectivity index (χ1) is 8.70. The van der Waals surface area contributed by atoms with Gasteiger partial charge in [-0.25, -0.2) is 0 Å². The van der Waals surface area contributed by atoms with Crippen molar-refractivity contribution in [2.45, 2.75) is 19.8 Å². The van der Waals surface area contributed by atoms with Gasteiger partial charge in [0, 0.05) is 13.1 Å². The average molecular weight is 264 g/mol. The molecule has 1 heterocycles. The van der Waals surface area contributed by atoms with Crippen molar-refractivity contribution in [3.8, 4) is 5.75 Å². The summed E-state index contributed by atoms with van der Waals surface area (Å²) >= 11 is 5.48. The maximum absolute atomic E-state index is 5.48. The van der Waals surface area contributed by atoms with Gasteiger partial charge in [-0.05, 0) is 43.1 Å². The second-order valence-corrected chi connectivity index (χ2v) is 5.21. The van der Waals surface area contributed by atoms with Crippen LogP contribution in [0, 0.1) is 5.92 Å². The van der Waals surface area contributed by atoms with Crippen molar-refractivity contribution in [1.29, 1.82) is 0 Å². The zero-order chi connectivity index (χ0) is 13.0. The molecule has 0 aromatic heterocycles. The highest BCUT2D eigenvalue weighted by molar-refractivity contribution is 7.80. The number of nitrogens with one attached hydrogen (secondary N) is 1. The largest absolute Gasteiger partial charge is 0.495 e. The number of thiocarbonyl (C=S) groups is 1. The van der Waals surface area contributed by atoms with Crippen LogP contribution in [-0.4, -0.2) is 30.2 Å².